The Hall–Kier alpha value is -2.44. The van der Waals surface area contributed by atoms with Gasteiger partial charge in [-0.3, -0.25) is 9.48 Å². The number of nitrogens with one attached hydrogen (secondary N) is 1. The molecule has 5 nitrogen and oxygen atoms in total. The lowest BCUT2D eigenvalue weighted by Crippen LogP contribution is -2.47. The summed E-state index contributed by atoms with van der Waals surface area (Å²) >= 11 is 3.49. The van der Waals surface area contributed by atoms with Gasteiger partial charge in [0.25, 0.3) is 0 Å². The first-order valence-corrected chi connectivity index (χ1v) is 10.6. The molecule has 1 amide bonds. The Balaban J connectivity index is 1.53. The smallest absolute Gasteiger partial charge is 0.231 e. The molecule has 0 aliphatic carbocycles. The quantitative estimate of drug-likeness (QED) is 0.612. The average molecular weight is 454 g/mol. The van der Waals surface area contributed by atoms with E-state index in [-0.39, 0.29) is 5.91 Å². The van der Waals surface area contributed by atoms with Gasteiger partial charge in [0.15, 0.2) is 0 Å². The number of rotatable bonds is 6. The molecule has 0 atom stereocenters. The summed E-state index contributed by atoms with van der Waals surface area (Å²) in [5.41, 5.74) is 2.76. The summed E-state index contributed by atoms with van der Waals surface area (Å²) in [5, 5.41) is 7.50. The molecule has 0 bridgehead atoms. The highest BCUT2D eigenvalue weighted by molar-refractivity contribution is 9.10. The molecule has 0 spiro atoms. The van der Waals surface area contributed by atoms with E-state index in [4.69, 9.17) is 4.74 Å². The SMILES string of the molecule is O=C(NCc1ccccc1Cn1cccn1)C1(c2ccc(Br)cc2)CCOCC1. The van der Waals surface area contributed by atoms with Gasteiger partial charge in [-0.15, -0.1) is 0 Å². The van der Waals surface area contributed by atoms with Crippen molar-refractivity contribution in [2.75, 3.05) is 13.2 Å². The van der Waals surface area contributed by atoms with Crippen molar-refractivity contribution < 1.29 is 9.53 Å². The maximum Gasteiger partial charge on any atom is 0.231 e. The van der Waals surface area contributed by atoms with Crippen molar-refractivity contribution in [2.24, 2.45) is 0 Å². The van der Waals surface area contributed by atoms with Gasteiger partial charge in [0.2, 0.25) is 5.91 Å². The fraction of sp³-hybridized carbons (Fsp3) is 0.304. The molecule has 1 fully saturated rings. The lowest BCUT2D eigenvalue weighted by atomic mass is 9.73. The van der Waals surface area contributed by atoms with E-state index in [2.05, 4.69) is 38.5 Å². The zero-order valence-electron chi connectivity index (χ0n) is 16.2. The van der Waals surface area contributed by atoms with E-state index < -0.39 is 5.41 Å². The van der Waals surface area contributed by atoms with Gasteiger partial charge in [0, 0.05) is 36.6 Å². The largest absolute Gasteiger partial charge is 0.381 e. The van der Waals surface area contributed by atoms with E-state index in [0.717, 1.165) is 21.2 Å². The molecular weight excluding hydrogens is 430 g/mol. The molecule has 3 aromatic rings. The van der Waals surface area contributed by atoms with E-state index in [9.17, 15) is 4.79 Å². The van der Waals surface area contributed by atoms with Gasteiger partial charge in [-0.25, -0.2) is 0 Å². The summed E-state index contributed by atoms with van der Waals surface area (Å²) in [6, 6.07) is 18.2. The van der Waals surface area contributed by atoms with Crippen LogP contribution in [-0.2, 0) is 28.0 Å². The molecule has 150 valence electrons. The van der Waals surface area contributed by atoms with Crippen molar-refractivity contribution in [1.29, 1.82) is 0 Å². The van der Waals surface area contributed by atoms with Crippen molar-refractivity contribution in [1.82, 2.24) is 15.1 Å². The predicted octanol–water partition coefficient (Wildman–Crippen LogP) is 4.06. The first-order chi connectivity index (χ1) is 14.2. The topological polar surface area (TPSA) is 56.2 Å². The van der Waals surface area contributed by atoms with Crippen LogP contribution in [0.1, 0.15) is 29.5 Å². The van der Waals surface area contributed by atoms with Crippen molar-refractivity contribution in [3.05, 3.63) is 88.2 Å². The highest BCUT2D eigenvalue weighted by Gasteiger charge is 2.41. The second kappa shape index (κ2) is 8.93. The summed E-state index contributed by atoms with van der Waals surface area (Å²) in [7, 11) is 0. The van der Waals surface area contributed by atoms with E-state index in [1.165, 1.54) is 0 Å². The Kier molecular flexibility index (Phi) is 6.11. The number of hydrogen-bond acceptors (Lipinski definition) is 3. The Bertz CT molecular complexity index is 949. The van der Waals surface area contributed by atoms with Gasteiger partial charge >= 0.3 is 0 Å². The summed E-state index contributed by atoms with van der Waals surface area (Å²) < 4.78 is 8.46. The third-order valence-corrected chi connectivity index (χ3v) is 6.16. The van der Waals surface area contributed by atoms with E-state index in [1.807, 2.05) is 53.3 Å². The summed E-state index contributed by atoms with van der Waals surface area (Å²) in [6.07, 6.45) is 5.10. The summed E-state index contributed by atoms with van der Waals surface area (Å²) in [5.74, 6) is 0.0667. The number of ether oxygens (including phenoxy) is 1. The number of nitrogens with zero attached hydrogens (tertiary/aromatic N) is 2. The number of aromatic nitrogens is 2. The van der Waals surface area contributed by atoms with Crippen molar-refractivity contribution >= 4 is 21.8 Å². The normalized spacial score (nSPS) is 15.8. The maximum absolute atomic E-state index is 13.4. The van der Waals surface area contributed by atoms with E-state index in [1.54, 1.807) is 6.20 Å². The van der Waals surface area contributed by atoms with Crippen LogP contribution in [0.4, 0.5) is 0 Å². The first kappa shape index (κ1) is 19.9. The molecule has 1 saturated heterocycles. The minimum atomic E-state index is -0.546. The van der Waals surface area contributed by atoms with Crippen LogP contribution in [0.5, 0.6) is 0 Å². The van der Waals surface area contributed by atoms with Gasteiger partial charge in [-0.05, 0) is 47.7 Å². The number of hydrogen-bond donors (Lipinski definition) is 1. The fourth-order valence-corrected chi connectivity index (χ4v) is 4.20. The van der Waals surface area contributed by atoms with Gasteiger partial charge in [0.05, 0.1) is 12.0 Å². The second-order valence-corrected chi connectivity index (χ2v) is 8.27. The molecule has 2 heterocycles. The zero-order chi connectivity index (χ0) is 20.1. The van der Waals surface area contributed by atoms with Crippen LogP contribution in [0.25, 0.3) is 0 Å². The molecule has 1 aliphatic heterocycles. The monoisotopic (exact) mass is 453 g/mol. The highest BCUT2D eigenvalue weighted by atomic mass is 79.9. The van der Waals surface area contributed by atoms with Crippen molar-refractivity contribution in [2.45, 2.75) is 31.3 Å². The summed E-state index contributed by atoms with van der Waals surface area (Å²) in [4.78, 5) is 13.4. The van der Waals surface area contributed by atoms with Crippen molar-refractivity contribution in [3.8, 4) is 0 Å². The molecule has 1 N–H and O–H groups in total. The Morgan fingerprint density at radius 2 is 1.79 bits per heavy atom. The molecule has 1 aromatic heterocycles. The molecular formula is C23H24BrN3O2. The van der Waals surface area contributed by atoms with Crippen LogP contribution < -0.4 is 5.32 Å². The number of amides is 1. The van der Waals surface area contributed by atoms with Gasteiger partial charge in [0.1, 0.15) is 0 Å². The molecule has 0 unspecified atom stereocenters. The predicted molar refractivity (Wildman–Crippen MR) is 115 cm³/mol. The standard InChI is InChI=1S/C23H24BrN3O2/c24-21-8-6-20(7-9-21)23(10-14-29-15-11-23)22(28)25-16-18-4-1-2-5-19(18)17-27-13-3-12-26-27/h1-9,12-13H,10-11,14-17H2,(H,25,28). The Morgan fingerprint density at radius 1 is 1.07 bits per heavy atom. The van der Waals surface area contributed by atoms with Crippen LogP contribution in [0.15, 0.2) is 71.5 Å². The number of benzene rings is 2. The van der Waals surface area contributed by atoms with Crippen LogP contribution in [0.3, 0.4) is 0 Å². The second-order valence-electron chi connectivity index (χ2n) is 7.36. The van der Waals surface area contributed by atoms with Crippen LogP contribution in [-0.4, -0.2) is 28.9 Å². The van der Waals surface area contributed by atoms with E-state index >= 15 is 0 Å². The Morgan fingerprint density at radius 3 is 2.48 bits per heavy atom. The van der Waals surface area contributed by atoms with Gasteiger partial charge < -0.3 is 10.1 Å². The van der Waals surface area contributed by atoms with E-state index in [0.29, 0.717) is 39.1 Å². The minimum Gasteiger partial charge on any atom is -0.381 e. The van der Waals surface area contributed by atoms with Gasteiger partial charge in [-0.2, -0.15) is 5.10 Å². The highest BCUT2D eigenvalue weighted by Crippen LogP contribution is 2.36. The third-order valence-electron chi connectivity index (χ3n) is 5.63. The molecule has 2 aromatic carbocycles. The first-order valence-electron chi connectivity index (χ1n) is 9.84. The molecule has 4 rings (SSSR count). The Labute approximate surface area is 179 Å². The molecule has 0 saturated carbocycles. The lowest BCUT2D eigenvalue weighted by molar-refractivity contribution is -0.130. The number of carbonyl (C=O) groups is 1. The summed E-state index contributed by atoms with van der Waals surface area (Å²) in [6.45, 7) is 2.37. The van der Waals surface area contributed by atoms with Gasteiger partial charge in [-0.1, -0.05) is 52.3 Å². The molecule has 1 aliphatic rings. The number of carbonyl (C=O) groups excluding carboxylic acids is 1. The molecule has 6 heteroatoms. The molecule has 0 radical (unpaired) electrons. The van der Waals surface area contributed by atoms with Crippen LogP contribution >= 0.6 is 15.9 Å². The number of halogens is 1. The molecule has 29 heavy (non-hydrogen) atoms. The van der Waals surface area contributed by atoms with Crippen molar-refractivity contribution in [3.63, 3.8) is 0 Å². The average Bonchev–Trinajstić information content (AvgIpc) is 3.27. The fourth-order valence-electron chi connectivity index (χ4n) is 3.93. The van der Waals surface area contributed by atoms with Crippen LogP contribution in [0, 0.1) is 0 Å². The lowest BCUT2D eigenvalue weighted by Gasteiger charge is -2.36. The zero-order valence-corrected chi connectivity index (χ0v) is 17.8. The maximum atomic E-state index is 13.4. The minimum absolute atomic E-state index is 0.0667. The van der Waals surface area contributed by atoms with Crippen LogP contribution in [0.2, 0.25) is 0 Å². The third kappa shape index (κ3) is 4.43.